The number of carboxylic acids is 1. The van der Waals surface area contributed by atoms with E-state index in [4.69, 9.17) is 9.52 Å². The lowest BCUT2D eigenvalue weighted by Crippen LogP contribution is -1.97. The molecule has 1 heterocycles. The van der Waals surface area contributed by atoms with Gasteiger partial charge in [0.15, 0.2) is 0 Å². The lowest BCUT2D eigenvalue weighted by molar-refractivity contribution is 0.0693. The molecule has 0 atom stereocenters. The Morgan fingerprint density at radius 3 is 2.87 bits per heavy atom. The van der Waals surface area contributed by atoms with Gasteiger partial charge in [-0.3, -0.25) is 0 Å². The zero-order valence-corrected chi connectivity index (χ0v) is 8.40. The van der Waals surface area contributed by atoms with E-state index in [1.54, 1.807) is 24.3 Å². The smallest absolute Gasteiger partial charge is 0.336 e. The molecule has 0 unspecified atom stereocenters. The van der Waals surface area contributed by atoms with Crippen LogP contribution in [0.2, 0.25) is 0 Å². The number of aromatic carboxylic acids is 1. The lowest BCUT2D eigenvalue weighted by atomic mass is 10.2. The molecule has 2 rings (SSSR count). The monoisotopic (exact) mass is 221 g/mol. The minimum Gasteiger partial charge on any atom is -0.478 e. The number of oxazole rings is 1. The molecule has 0 amide bonds. The minimum absolute atomic E-state index is 0.251. The summed E-state index contributed by atoms with van der Waals surface area (Å²) in [5.74, 6) is -0.954. The van der Waals surface area contributed by atoms with Gasteiger partial charge in [-0.25, -0.2) is 9.78 Å². The molecule has 0 aliphatic rings. The molecule has 1 aromatic carbocycles. The molecular formula is C10H7NO3S. The number of nitrogens with zero attached hydrogens (tertiary/aromatic N) is 1. The largest absolute Gasteiger partial charge is 0.478 e. The summed E-state index contributed by atoms with van der Waals surface area (Å²) >= 11 is 1.19. The fourth-order valence-corrected chi connectivity index (χ4v) is 1.90. The SMILES string of the molecule is O=C(O)c1ccccc1Sc1ncco1. The topological polar surface area (TPSA) is 63.3 Å². The molecule has 0 aliphatic heterocycles. The van der Waals surface area contributed by atoms with Gasteiger partial charge in [-0.1, -0.05) is 12.1 Å². The summed E-state index contributed by atoms with van der Waals surface area (Å²) in [6, 6.07) is 6.73. The second kappa shape index (κ2) is 4.18. The van der Waals surface area contributed by atoms with Crippen molar-refractivity contribution >= 4 is 17.7 Å². The molecule has 0 saturated heterocycles. The Kier molecular flexibility index (Phi) is 2.73. The highest BCUT2D eigenvalue weighted by Crippen LogP contribution is 2.28. The molecule has 0 bridgehead atoms. The van der Waals surface area contributed by atoms with E-state index in [0.29, 0.717) is 10.1 Å². The third kappa shape index (κ3) is 2.19. The first-order chi connectivity index (χ1) is 7.27. The Balaban J connectivity index is 2.32. The summed E-state index contributed by atoms with van der Waals surface area (Å²) in [5.41, 5.74) is 0.251. The number of rotatable bonds is 3. The van der Waals surface area contributed by atoms with Crippen molar-refractivity contribution in [1.29, 1.82) is 0 Å². The zero-order valence-electron chi connectivity index (χ0n) is 7.58. The van der Waals surface area contributed by atoms with Crippen LogP contribution in [0.3, 0.4) is 0 Å². The van der Waals surface area contributed by atoms with E-state index in [-0.39, 0.29) is 5.56 Å². The van der Waals surface area contributed by atoms with Crippen LogP contribution in [0.4, 0.5) is 0 Å². The van der Waals surface area contributed by atoms with Gasteiger partial charge in [0.05, 0.1) is 11.8 Å². The molecular weight excluding hydrogens is 214 g/mol. The number of hydrogen-bond acceptors (Lipinski definition) is 4. The second-order valence-corrected chi connectivity index (χ2v) is 3.69. The second-order valence-electron chi connectivity index (χ2n) is 2.70. The van der Waals surface area contributed by atoms with E-state index in [2.05, 4.69) is 4.98 Å². The standard InChI is InChI=1S/C10H7NO3S/c12-9(13)7-3-1-2-4-8(7)15-10-11-5-6-14-10/h1-6H,(H,12,13). The summed E-state index contributed by atoms with van der Waals surface area (Å²) in [5, 5.41) is 9.36. The van der Waals surface area contributed by atoms with Crippen molar-refractivity contribution in [3.8, 4) is 0 Å². The van der Waals surface area contributed by atoms with Gasteiger partial charge in [0.2, 0.25) is 0 Å². The summed E-state index contributed by atoms with van der Waals surface area (Å²) in [6.45, 7) is 0. The molecule has 1 aromatic heterocycles. The Hall–Kier alpha value is -1.75. The third-order valence-corrected chi connectivity index (χ3v) is 2.68. The van der Waals surface area contributed by atoms with Crippen LogP contribution in [0.5, 0.6) is 0 Å². The first kappa shape index (κ1) is 9.79. The van der Waals surface area contributed by atoms with Crippen molar-refractivity contribution in [2.75, 3.05) is 0 Å². The third-order valence-electron chi connectivity index (χ3n) is 1.72. The number of aromatic nitrogens is 1. The molecule has 76 valence electrons. The maximum absolute atomic E-state index is 10.9. The van der Waals surface area contributed by atoms with Gasteiger partial charge in [0.25, 0.3) is 5.22 Å². The number of carboxylic acid groups (broad SMARTS) is 1. The van der Waals surface area contributed by atoms with E-state index < -0.39 is 5.97 Å². The first-order valence-corrected chi connectivity index (χ1v) is 4.98. The zero-order chi connectivity index (χ0) is 10.7. The molecule has 5 heteroatoms. The van der Waals surface area contributed by atoms with Gasteiger partial charge in [0, 0.05) is 4.90 Å². The van der Waals surface area contributed by atoms with Crippen LogP contribution in [-0.4, -0.2) is 16.1 Å². The van der Waals surface area contributed by atoms with E-state index in [1.807, 2.05) is 0 Å². The highest BCUT2D eigenvalue weighted by molar-refractivity contribution is 7.99. The molecule has 2 aromatic rings. The summed E-state index contributed by atoms with van der Waals surface area (Å²) in [6.07, 6.45) is 2.97. The van der Waals surface area contributed by atoms with Crippen LogP contribution in [0.15, 0.2) is 51.3 Å². The van der Waals surface area contributed by atoms with E-state index in [0.717, 1.165) is 0 Å². The fourth-order valence-electron chi connectivity index (χ4n) is 1.09. The van der Waals surface area contributed by atoms with Gasteiger partial charge in [-0.2, -0.15) is 0 Å². The van der Waals surface area contributed by atoms with Crippen molar-refractivity contribution < 1.29 is 14.3 Å². The highest BCUT2D eigenvalue weighted by Gasteiger charge is 2.11. The maximum atomic E-state index is 10.9. The molecule has 0 spiro atoms. The lowest BCUT2D eigenvalue weighted by Gasteiger charge is -2.01. The van der Waals surface area contributed by atoms with Gasteiger partial charge in [-0.15, -0.1) is 0 Å². The molecule has 0 fully saturated rings. The summed E-state index contributed by atoms with van der Waals surface area (Å²) in [4.78, 5) is 15.4. The molecule has 0 aliphatic carbocycles. The normalized spacial score (nSPS) is 10.1. The van der Waals surface area contributed by atoms with Crippen molar-refractivity contribution in [2.24, 2.45) is 0 Å². The van der Waals surface area contributed by atoms with E-state index in [9.17, 15) is 4.79 Å². The van der Waals surface area contributed by atoms with Crippen LogP contribution < -0.4 is 0 Å². The van der Waals surface area contributed by atoms with E-state index in [1.165, 1.54) is 24.2 Å². The number of carbonyl (C=O) groups is 1. The van der Waals surface area contributed by atoms with Crippen LogP contribution in [0, 0.1) is 0 Å². The summed E-state index contributed by atoms with van der Waals surface area (Å²) in [7, 11) is 0. The van der Waals surface area contributed by atoms with Gasteiger partial charge in [0.1, 0.15) is 6.26 Å². The molecule has 4 nitrogen and oxygen atoms in total. The van der Waals surface area contributed by atoms with Crippen LogP contribution >= 0.6 is 11.8 Å². The average Bonchev–Trinajstić information content (AvgIpc) is 2.71. The molecule has 15 heavy (non-hydrogen) atoms. The number of hydrogen-bond donors (Lipinski definition) is 1. The van der Waals surface area contributed by atoms with Gasteiger partial charge >= 0.3 is 5.97 Å². The Labute approximate surface area is 89.9 Å². The Morgan fingerprint density at radius 2 is 2.20 bits per heavy atom. The molecule has 1 N–H and O–H groups in total. The average molecular weight is 221 g/mol. The van der Waals surface area contributed by atoms with Crippen molar-refractivity contribution in [3.63, 3.8) is 0 Å². The molecule has 0 radical (unpaired) electrons. The predicted molar refractivity (Wildman–Crippen MR) is 54.0 cm³/mol. The van der Waals surface area contributed by atoms with Gasteiger partial charge in [-0.05, 0) is 23.9 Å². The van der Waals surface area contributed by atoms with Gasteiger partial charge < -0.3 is 9.52 Å². The van der Waals surface area contributed by atoms with E-state index >= 15 is 0 Å². The maximum Gasteiger partial charge on any atom is 0.336 e. The predicted octanol–water partition coefficient (Wildman–Crippen LogP) is 2.52. The van der Waals surface area contributed by atoms with Crippen molar-refractivity contribution in [2.45, 2.75) is 10.1 Å². The fraction of sp³-hybridized carbons (Fsp3) is 0. The summed E-state index contributed by atoms with van der Waals surface area (Å²) < 4.78 is 5.03. The van der Waals surface area contributed by atoms with Crippen LogP contribution in [0.1, 0.15) is 10.4 Å². The van der Waals surface area contributed by atoms with Crippen LogP contribution in [0.25, 0.3) is 0 Å². The van der Waals surface area contributed by atoms with Crippen molar-refractivity contribution in [1.82, 2.24) is 4.98 Å². The molecule has 0 saturated carbocycles. The van der Waals surface area contributed by atoms with Crippen LogP contribution in [-0.2, 0) is 0 Å². The minimum atomic E-state index is -0.954. The first-order valence-electron chi connectivity index (χ1n) is 4.17. The quantitative estimate of drug-likeness (QED) is 0.862. The Bertz CT molecular complexity index is 467. The Morgan fingerprint density at radius 1 is 1.40 bits per heavy atom. The van der Waals surface area contributed by atoms with Crippen molar-refractivity contribution in [3.05, 3.63) is 42.3 Å². The number of benzene rings is 1. The highest BCUT2D eigenvalue weighted by atomic mass is 32.2.